The van der Waals surface area contributed by atoms with Gasteiger partial charge >= 0.3 is 6.36 Å². The van der Waals surface area contributed by atoms with Crippen molar-refractivity contribution in [2.24, 2.45) is 0 Å². The second kappa shape index (κ2) is 5.98. The maximum absolute atomic E-state index is 12.8. The fourth-order valence-electron chi connectivity index (χ4n) is 1.22. The summed E-state index contributed by atoms with van der Waals surface area (Å²) in [5.74, 6) is -1.55. The largest absolute Gasteiger partial charge is 0.574 e. The minimum atomic E-state index is -5.31. The zero-order chi connectivity index (χ0) is 15.7. The number of hydrogen-bond acceptors (Lipinski definition) is 4. The lowest BCUT2D eigenvalue weighted by atomic mass is 10.2. The van der Waals surface area contributed by atoms with Crippen molar-refractivity contribution in [1.82, 2.24) is 4.98 Å². The normalized spacial score (nSPS) is 12.8. The highest BCUT2D eigenvalue weighted by Gasteiger charge is 2.37. The molecule has 0 aliphatic heterocycles. The highest BCUT2D eigenvalue weighted by Crippen LogP contribution is 2.38. The van der Waals surface area contributed by atoms with E-state index in [0.29, 0.717) is 6.07 Å². The van der Waals surface area contributed by atoms with Gasteiger partial charge in [0.05, 0.1) is 10.6 Å². The van der Waals surface area contributed by atoms with Gasteiger partial charge in [0.15, 0.2) is 0 Å². The quantitative estimate of drug-likeness (QED) is 0.436. The molecule has 114 valence electrons. The number of halogens is 7. The number of aromatic nitrogens is 1. The summed E-state index contributed by atoms with van der Waals surface area (Å²) >= 11 is 2.81. The van der Waals surface area contributed by atoms with Crippen LogP contribution in [0, 0.1) is 0 Å². The van der Waals surface area contributed by atoms with Gasteiger partial charge in [-0.2, -0.15) is 0 Å². The van der Waals surface area contributed by atoms with Crippen LogP contribution < -0.4 is 4.74 Å². The zero-order valence-corrected chi connectivity index (χ0v) is 12.2. The predicted molar refractivity (Wildman–Crippen MR) is 61.5 cm³/mol. The van der Waals surface area contributed by atoms with Gasteiger partial charge in [0.2, 0.25) is 5.88 Å². The van der Waals surface area contributed by atoms with Crippen molar-refractivity contribution in [3.8, 4) is 5.88 Å². The van der Waals surface area contributed by atoms with Crippen molar-refractivity contribution in [2.75, 3.05) is 0 Å². The van der Waals surface area contributed by atoms with E-state index in [-0.39, 0.29) is 11.0 Å². The fraction of sp³-hybridized carbons (Fsp3) is 0.375. The second-order valence-corrected chi connectivity index (χ2v) is 6.35. The first-order chi connectivity index (χ1) is 8.95. The highest BCUT2D eigenvalue weighted by atomic mass is 79.9. The third-order valence-electron chi connectivity index (χ3n) is 1.87. The molecule has 0 radical (unpaired) electrons. The average Bonchev–Trinajstić information content (AvgIpc) is 2.23. The standard InChI is InChI=1S/C8H4BrClF5NO3S/c9-2-3-1-4(20(10,17)18)5(6(11)12)7(16-3)19-8(13,14)15/h1,6H,2H2. The molecule has 12 heteroatoms. The van der Waals surface area contributed by atoms with Crippen LogP contribution >= 0.6 is 26.6 Å². The molecule has 0 saturated carbocycles. The molecule has 1 heterocycles. The molecule has 1 aromatic heterocycles. The van der Waals surface area contributed by atoms with Crippen molar-refractivity contribution >= 4 is 35.7 Å². The number of alkyl halides is 6. The van der Waals surface area contributed by atoms with Crippen molar-refractivity contribution in [3.63, 3.8) is 0 Å². The number of rotatable bonds is 4. The molecule has 0 amide bonds. The van der Waals surface area contributed by atoms with Crippen LogP contribution in [0.2, 0.25) is 0 Å². The molecule has 0 fully saturated rings. The Kier molecular flexibility index (Phi) is 5.19. The SMILES string of the molecule is O=S(=O)(Cl)c1cc(CBr)nc(OC(F)(F)F)c1C(F)F. The molecule has 0 aromatic carbocycles. The maximum Gasteiger partial charge on any atom is 0.574 e. The molecule has 1 rings (SSSR count). The average molecular weight is 405 g/mol. The molecule has 0 atom stereocenters. The van der Waals surface area contributed by atoms with Gasteiger partial charge in [-0.05, 0) is 6.07 Å². The Hall–Kier alpha value is -0.680. The minimum Gasteiger partial charge on any atom is -0.387 e. The topological polar surface area (TPSA) is 56.3 Å². The molecular weight excluding hydrogens is 401 g/mol. The molecule has 20 heavy (non-hydrogen) atoms. The minimum absolute atomic E-state index is 0.190. The first kappa shape index (κ1) is 17.4. The Morgan fingerprint density at radius 3 is 2.30 bits per heavy atom. The van der Waals surface area contributed by atoms with Crippen molar-refractivity contribution in [2.45, 2.75) is 23.0 Å². The van der Waals surface area contributed by atoms with Gasteiger partial charge in [0.1, 0.15) is 5.56 Å². The summed E-state index contributed by atoms with van der Waals surface area (Å²) in [7, 11) is 0.234. The maximum atomic E-state index is 12.8. The molecule has 0 bridgehead atoms. The number of ether oxygens (including phenoxy) is 1. The van der Waals surface area contributed by atoms with Crippen molar-refractivity contribution < 1.29 is 35.1 Å². The lowest BCUT2D eigenvalue weighted by Crippen LogP contribution is -2.20. The third-order valence-corrected chi connectivity index (χ3v) is 3.81. The van der Waals surface area contributed by atoms with Gasteiger partial charge in [-0.15, -0.1) is 13.2 Å². The van der Waals surface area contributed by atoms with Crippen LogP contribution in [0.4, 0.5) is 22.0 Å². The monoisotopic (exact) mass is 403 g/mol. The van der Waals surface area contributed by atoms with Crippen LogP contribution in [0.3, 0.4) is 0 Å². The summed E-state index contributed by atoms with van der Waals surface area (Å²) in [6.45, 7) is 0. The summed E-state index contributed by atoms with van der Waals surface area (Å²) in [6.07, 6.45) is -8.89. The summed E-state index contributed by atoms with van der Waals surface area (Å²) in [5, 5.41) is -0.190. The Morgan fingerprint density at radius 2 is 1.95 bits per heavy atom. The zero-order valence-electron chi connectivity index (χ0n) is 9.09. The van der Waals surface area contributed by atoms with E-state index < -0.39 is 38.2 Å². The van der Waals surface area contributed by atoms with E-state index in [1.807, 2.05) is 0 Å². The van der Waals surface area contributed by atoms with Gasteiger partial charge in [-0.25, -0.2) is 22.2 Å². The molecule has 0 saturated heterocycles. The molecule has 0 spiro atoms. The molecule has 0 unspecified atom stereocenters. The molecule has 4 nitrogen and oxygen atoms in total. The third kappa shape index (κ3) is 4.42. The van der Waals surface area contributed by atoms with E-state index in [0.717, 1.165) is 0 Å². The summed E-state index contributed by atoms with van der Waals surface area (Å²) < 4.78 is 87.8. The Labute approximate surface area is 122 Å². The van der Waals surface area contributed by atoms with Crippen LogP contribution in [0.15, 0.2) is 11.0 Å². The Morgan fingerprint density at radius 1 is 1.40 bits per heavy atom. The lowest BCUT2D eigenvalue weighted by molar-refractivity contribution is -0.276. The predicted octanol–water partition coefficient (Wildman–Crippen LogP) is 3.74. The van der Waals surface area contributed by atoms with Crippen LogP contribution in [0.1, 0.15) is 17.7 Å². The first-order valence-corrected chi connectivity index (χ1v) is 7.97. The van der Waals surface area contributed by atoms with E-state index in [4.69, 9.17) is 10.7 Å². The van der Waals surface area contributed by atoms with Crippen molar-refractivity contribution in [3.05, 3.63) is 17.3 Å². The van der Waals surface area contributed by atoms with Crippen LogP contribution in [-0.4, -0.2) is 19.8 Å². The summed E-state index contributed by atoms with van der Waals surface area (Å²) in [4.78, 5) is 2.00. The van der Waals surface area contributed by atoms with E-state index >= 15 is 0 Å². The smallest absolute Gasteiger partial charge is 0.387 e. The van der Waals surface area contributed by atoms with E-state index in [1.54, 1.807) is 0 Å². The van der Waals surface area contributed by atoms with Crippen LogP contribution in [0.25, 0.3) is 0 Å². The molecule has 1 aromatic rings. The van der Waals surface area contributed by atoms with Gasteiger partial charge in [-0.1, -0.05) is 15.9 Å². The van der Waals surface area contributed by atoms with Crippen LogP contribution in [-0.2, 0) is 14.4 Å². The van der Waals surface area contributed by atoms with E-state index in [9.17, 15) is 30.4 Å². The molecule has 0 aliphatic rings. The first-order valence-electron chi connectivity index (χ1n) is 4.54. The summed E-state index contributed by atoms with van der Waals surface area (Å²) in [5.41, 5.74) is -1.81. The second-order valence-electron chi connectivity index (χ2n) is 3.25. The van der Waals surface area contributed by atoms with Crippen molar-refractivity contribution in [1.29, 1.82) is 0 Å². The van der Waals surface area contributed by atoms with Gasteiger partial charge in [-0.3, -0.25) is 0 Å². The highest BCUT2D eigenvalue weighted by molar-refractivity contribution is 9.08. The van der Waals surface area contributed by atoms with E-state index in [1.165, 1.54) is 0 Å². The van der Waals surface area contributed by atoms with E-state index in [2.05, 4.69) is 25.7 Å². The Balaban J connectivity index is 3.63. The molecule has 0 aliphatic carbocycles. The number of hydrogen-bond donors (Lipinski definition) is 0. The Bertz CT molecular complexity index is 607. The van der Waals surface area contributed by atoms with Gasteiger partial charge in [0.25, 0.3) is 15.5 Å². The van der Waals surface area contributed by atoms with Gasteiger partial charge < -0.3 is 4.74 Å². The molecular formula is C8H4BrClF5NO3S. The fourth-order valence-corrected chi connectivity index (χ4v) is 2.60. The molecule has 0 N–H and O–H groups in total. The lowest BCUT2D eigenvalue weighted by Gasteiger charge is -2.15. The number of nitrogens with zero attached hydrogens (tertiary/aromatic N) is 1. The van der Waals surface area contributed by atoms with Gasteiger partial charge in [0, 0.05) is 16.0 Å². The van der Waals surface area contributed by atoms with Crippen LogP contribution in [0.5, 0.6) is 5.88 Å². The summed E-state index contributed by atoms with van der Waals surface area (Å²) in [6, 6.07) is 0.641. The number of pyridine rings is 1.